The van der Waals surface area contributed by atoms with Gasteiger partial charge in [-0.2, -0.15) is 0 Å². The molecule has 1 aromatic rings. The lowest BCUT2D eigenvalue weighted by Gasteiger charge is -2.18. The first-order chi connectivity index (χ1) is 8.97. The Labute approximate surface area is 114 Å². The average molecular weight is 266 g/mol. The van der Waals surface area contributed by atoms with E-state index in [0.29, 0.717) is 6.42 Å². The van der Waals surface area contributed by atoms with Gasteiger partial charge in [-0.25, -0.2) is 0 Å². The van der Waals surface area contributed by atoms with Crippen LogP contribution in [0, 0.1) is 0 Å². The number of methoxy groups -OCH3 is 2. The van der Waals surface area contributed by atoms with Crippen LogP contribution in [-0.2, 0) is 4.79 Å². The van der Waals surface area contributed by atoms with E-state index in [-0.39, 0.29) is 18.0 Å². The van der Waals surface area contributed by atoms with E-state index in [2.05, 4.69) is 5.32 Å². The van der Waals surface area contributed by atoms with Gasteiger partial charge in [0.1, 0.15) is 11.5 Å². The fourth-order valence-electron chi connectivity index (χ4n) is 1.85. The molecule has 0 aliphatic rings. The molecule has 2 atom stereocenters. The summed E-state index contributed by atoms with van der Waals surface area (Å²) in [5.41, 5.74) is 6.48. The largest absolute Gasteiger partial charge is 0.497 e. The summed E-state index contributed by atoms with van der Waals surface area (Å²) >= 11 is 0. The lowest BCUT2D eigenvalue weighted by Crippen LogP contribution is -2.31. The second-order valence-electron chi connectivity index (χ2n) is 4.58. The van der Waals surface area contributed by atoms with Crippen LogP contribution >= 0.6 is 0 Å². The van der Waals surface area contributed by atoms with Crippen molar-refractivity contribution in [3.63, 3.8) is 0 Å². The van der Waals surface area contributed by atoms with E-state index in [1.807, 2.05) is 25.1 Å². The first-order valence-corrected chi connectivity index (χ1v) is 6.24. The SMILES string of the molecule is COc1ccc(OC)c(C(C)NC(=O)CC(C)N)c1. The number of nitrogens with two attached hydrogens (primary N) is 1. The Kier molecular flexibility index (Phi) is 5.63. The van der Waals surface area contributed by atoms with Crippen LogP contribution in [0.3, 0.4) is 0 Å². The smallest absolute Gasteiger partial charge is 0.222 e. The molecule has 0 aliphatic heterocycles. The molecule has 0 heterocycles. The molecule has 0 saturated carbocycles. The van der Waals surface area contributed by atoms with Crippen molar-refractivity contribution < 1.29 is 14.3 Å². The van der Waals surface area contributed by atoms with Crippen molar-refractivity contribution >= 4 is 5.91 Å². The van der Waals surface area contributed by atoms with Gasteiger partial charge in [-0.15, -0.1) is 0 Å². The number of hydrogen-bond donors (Lipinski definition) is 2. The van der Waals surface area contributed by atoms with Crippen molar-refractivity contribution in [2.45, 2.75) is 32.4 Å². The van der Waals surface area contributed by atoms with Gasteiger partial charge in [0, 0.05) is 18.0 Å². The summed E-state index contributed by atoms with van der Waals surface area (Å²) < 4.78 is 10.5. The first-order valence-electron chi connectivity index (χ1n) is 6.24. The fourth-order valence-corrected chi connectivity index (χ4v) is 1.85. The molecule has 5 nitrogen and oxygen atoms in total. The van der Waals surface area contributed by atoms with Gasteiger partial charge in [-0.05, 0) is 32.0 Å². The van der Waals surface area contributed by atoms with Gasteiger partial charge in [0.15, 0.2) is 0 Å². The topological polar surface area (TPSA) is 73.6 Å². The average Bonchev–Trinajstić information content (AvgIpc) is 2.36. The van der Waals surface area contributed by atoms with Gasteiger partial charge in [-0.3, -0.25) is 4.79 Å². The third-order valence-electron chi connectivity index (χ3n) is 2.79. The van der Waals surface area contributed by atoms with Crippen molar-refractivity contribution in [3.05, 3.63) is 23.8 Å². The van der Waals surface area contributed by atoms with Crippen LogP contribution in [0.15, 0.2) is 18.2 Å². The molecule has 106 valence electrons. The second-order valence-corrected chi connectivity index (χ2v) is 4.58. The van der Waals surface area contributed by atoms with E-state index in [9.17, 15) is 4.79 Å². The number of nitrogens with one attached hydrogen (secondary N) is 1. The number of carbonyl (C=O) groups is 1. The van der Waals surface area contributed by atoms with Crippen LogP contribution in [-0.4, -0.2) is 26.2 Å². The van der Waals surface area contributed by atoms with Crippen LogP contribution in [0.2, 0.25) is 0 Å². The third-order valence-corrected chi connectivity index (χ3v) is 2.79. The lowest BCUT2D eigenvalue weighted by atomic mass is 10.1. The molecule has 0 spiro atoms. The molecule has 0 aromatic heterocycles. The maximum absolute atomic E-state index is 11.7. The summed E-state index contributed by atoms with van der Waals surface area (Å²) in [5, 5.41) is 2.90. The molecule has 0 saturated heterocycles. The van der Waals surface area contributed by atoms with Crippen molar-refractivity contribution in [3.8, 4) is 11.5 Å². The predicted molar refractivity (Wildman–Crippen MR) is 74.4 cm³/mol. The van der Waals surface area contributed by atoms with Crippen molar-refractivity contribution in [2.24, 2.45) is 5.73 Å². The van der Waals surface area contributed by atoms with Crippen LogP contribution in [0.25, 0.3) is 0 Å². The molecule has 0 bridgehead atoms. The van der Waals surface area contributed by atoms with Crippen LogP contribution in [0.4, 0.5) is 0 Å². The monoisotopic (exact) mass is 266 g/mol. The Balaban J connectivity index is 2.85. The maximum atomic E-state index is 11.7. The lowest BCUT2D eigenvalue weighted by molar-refractivity contribution is -0.122. The Morgan fingerprint density at radius 3 is 2.53 bits per heavy atom. The summed E-state index contributed by atoms with van der Waals surface area (Å²) in [6.07, 6.45) is 0.302. The number of amides is 1. The molecule has 5 heteroatoms. The molecule has 1 aromatic carbocycles. The van der Waals surface area contributed by atoms with Gasteiger partial charge in [0.2, 0.25) is 5.91 Å². The second kappa shape index (κ2) is 6.99. The highest BCUT2D eigenvalue weighted by atomic mass is 16.5. The molecule has 3 N–H and O–H groups in total. The Hall–Kier alpha value is -1.75. The molecule has 0 fully saturated rings. The Morgan fingerprint density at radius 2 is 2.00 bits per heavy atom. The van der Waals surface area contributed by atoms with E-state index in [4.69, 9.17) is 15.2 Å². The van der Waals surface area contributed by atoms with Crippen LogP contribution in [0.1, 0.15) is 31.9 Å². The highest BCUT2D eigenvalue weighted by Crippen LogP contribution is 2.29. The highest BCUT2D eigenvalue weighted by Gasteiger charge is 2.15. The minimum absolute atomic E-state index is 0.0765. The van der Waals surface area contributed by atoms with Gasteiger partial charge >= 0.3 is 0 Å². The molecular weight excluding hydrogens is 244 g/mol. The fraction of sp³-hybridized carbons (Fsp3) is 0.500. The van der Waals surface area contributed by atoms with Gasteiger partial charge < -0.3 is 20.5 Å². The summed E-state index contributed by atoms with van der Waals surface area (Å²) in [4.78, 5) is 11.7. The van der Waals surface area contributed by atoms with E-state index in [1.54, 1.807) is 21.1 Å². The van der Waals surface area contributed by atoms with Crippen LogP contribution in [0.5, 0.6) is 11.5 Å². The number of rotatable bonds is 6. The van der Waals surface area contributed by atoms with Crippen LogP contribution < -0.4 is 20.5 Å². The summed E-state index contributed by atoms with van der Waals surface area (Å²) in [6.45, 7) is 3.70. The number of ether oxygens (including phenoxy) is 2. The minimum atomic E-state index is -0.170. The molecule has 0 radical (unpaired) electrons. The zero-order valence-electron chi connectivity index (χ0n) is 11.9. The van der Waals surface area contributed by atoms with Gasteiger partial charge in [0.05, 0.1) is 20.3 Å². The zero-order valence-corrected chi connectivity index (χ0v) is 11.9. The highest BCUT2D eigenvalue weighted by molar-refractivity contribution is 5.77. The third kappa shape index (κ3) is 4.44. The van der Waals surface area contributed by atoms with Crippen molar-refractivity contribution in [2.75, 3.05) is 14.2 Å². The molecule has 1 rings (SSSR count). The van der Waals surface area contributed by atoms with Gasteiger partial charge in [0.25, 0.3) is 0 Å². The molecule has 1 amide bonds. The predicted octanol–water partition coefficient (Wildman–Crippen LogP) is 1.62. The zero-order chi connectivity index (χ0) is 14.4. The quantitative estimate of drug-likeness (QED) is 0.820. The molecule has 2 unspecified atom stereocenters. The summed E-state index contributed by atoms with van der Waals surface area (Å²) in [5.74, 6) is 1.37. The van der Waals surface area contributed by atoms with E-state index < -0.39 is 0 Å². The van der Waals surface area contributed by atoms with E-state index in [0.717, 1.165) is 17.1 Å². The number of benzene rings is 1. The van der Waals surface area contributed by atoms with Gasteiger partial charge in [-0.1, -0.05) is 0 Å². The normalized spacial score (nSPS) is 13.5. The summed E-state index contributed by atoms with van der Waals surface area (Å²) in [6, 6.07) is 5.17. The summed E-state index contributed by atoms with van der Waals surface area (Å²) in [7, 11) is 3.20. The Morgan fingerprint density at radius 1 is 1.32 bits per heavy atom. The molecular formula is C14H22N2O3. The molecule has 19 heavy (non-hydrogen) atoms. The van der Waals surface area contributed by atoms with E-state index >= 15 is 0 Å². The minimum Gasteiger partial charge on any atom is -0.497 e. The maximum Gasteiger partial charge on any atom is 0.222 e. The number of carbonyl (C=O) groups excluding carboxylic acids is 1. The number of hydrogen-bond acceptors (Lipinski definition) is 4. The Bertz CT molecular complexity index is 433. The standard InChI is InChI=1S/C14H22N2O3/c1-9(15)7-14(17)16-10(2)12-8-11(18-3)5-6-13(12)19-4/h5-6,8-10H,7,15H2,1-4H3,(H,16,17). The molecule has 0 aliphatic carbocycles. The van der Waals surface area contributed by atoms with Crippen molar-refractivity contribution in [1.82, 2.24) is 5.32 Å². The first kappa shape index (κ1) is 15.3. The van der Waals surface area contributed by atoms with E-state index in [1.165, 1.54) is 0 Å². The van der Waals surface area contributed by atoms with Crippen molar-refractivity contribution in [1.29, 1.82) is 0 Å².